The van der Waals surface area contributed by atoms with Crippen LogP contribution < -0.4 is 0 Å². The van der Waals surface area contributed by atoms with Crippen molar-refractivity contribution in [1.82, 2.24) is 0 Å². The van der Waals surface area contributed by atoms with Gasteiger partial charge in [0.05, 0.1) is 5.60 Å². The minimum Gasteiger partial charge on any atom is -0.390 e. The number of hydrogen-bond donors (Lipinski definition) is 1. The highest BCUT2D eigenvalue weighted by Crippen LogP contribution is 2.53. The molecule has 18 heavy (non-hydrogen) atoms. The molecule has 0 bridgehead atoms. The maximum Gasteiger partial charge on any atom is 0.0696 e. The molecule has 1 nitrogen and oxygen atoms in total. The average molecular weight is 244 g/mol. The zero-order chi connectivity index (χ0) is 13.2. The zero-order valence-corrected chi connectivity index (χ0v) is 11.5. The van der Waals surface area contributed by atoms with Crippen LogP contribution in [0.4, 0.5) is 0 Å². The van der Waals surface area contributed by atoms with E-state index < -0.39 is 5.60 Å². The van der Waals surface area contributed by atoms with E-state index in [9.17, 15) is 5.11 Å². The lowest BCUT2D eigenvalue weighted by Gasteiger charge is -2.51. The summed E-state index contributed by atoms with van der Waals surface area (Å²) in [6, 6.07) is 10.5. The van der Waals surface area contributed by atoms with Gasteiger partial charge in [0, 0.05) is 5.92 Å². The summed E-state index contributed by atoms with van der Waals surface area (Å²) in [7, 11) is 0. The van der Waals surface area contributed by atoms with Crippen LogP contribution in [-0.4, -0.2) is 10.7 Å². The summed E-state index contributed by atoms with van der Waals surface area (Å²) in [4.78, 5) is 0. The van der Waals surface area contributed by atoms with Crippen LogP contribution in [0, 0.1) is 5.92 Å². The molecular weight excluding hydrogens is 220 g/mol. The van der Waals surface area contributed by atoms with Crippen molar-refractivity contribution in [3.8, 4) is 0 Å². The van der Waals surface area contributed by atoms with Crippen molar-refractivity contribution in [3.05, 3.63) is 48.0 Å². The van der Waals surface area contributed by atoms with Gasteiger partial charge in [-0.25, -0.2) is 0 Å². The van der Waals surface area contributed by atoms with Gasteiger partial charge in [0.15, 0.2) is 0 Å². The predicted octanol–water partition coefficient (Wildman–Crippen LogP) is 4.29. The van der Waals surface area contributed by atoms with E-state index in [1.165, 1.54) is 24.0 Å². The Labute approximate surface area is 111 Å². The maximum absolute atomic E-state index is 10.4. The number of aliphatic hydroxyl groups is 1. The van der Waals surface area contributed by atoms with Gasteiger partial charge in [-0.2, -0.15) is 0 Å². The van der Waals surface area contributed by atoms with Gasteiger partial charge in [-0.3, -0.25) is 0 Å². The molecular formula is C17H24O. The van der Waals surface area contributed by atoms with Gasteiger partial charge >= 0.3 is 0 Å². The van der Waals surface area contributed by atoms with E-state index in [0.717, 1.165) is 12.8 Å². The monoisotopic (exact) mass is 244 g/mol. The molecule has 3 atom stereocenters. The van der Waals surface area contributed by atoms with Crippen LogP contribution in [0.5, 0.6) is 0 Å². The molecule has 0 aromatic heterocycles. The van der Waals surface area contributed by atoms with E-state index in [2.05, 4.69) is 37.8 Å². The molecule has 0 spiro atoms. The standard InChI is InChI=1S/C17H24O/c1-4-5-9-13(2)16-15(12-17(16,3)18)14-10-7-6-8-11-14/h6-8,10-11,15-16,18H,2,4-5,9,12H2,1,3H3. The van der Waals surface area contributed by atoms with Gasteiger partial charge in [0.2, 0.25) is 0 Å². The normalized spacial score (nSPS) is 30.8. The van der Waals surface area contributed by atoms with Crippen LogP contribution in [0.25, 0.3) is 0 Å². The maximum atomic E-state index is 10.4. The highest BCUT2D eigenvalue weighted by Gasteiger charge is 2.50. The predicted molar refractivity (Wildman–Crippen MR) is 76.6 cm³/mol. The smallest absolute Gasteiger partial charge is 0.0696 e. The Kier molecular flexibility index (Phi) is 3.91. The summed E-state index contributed by atoms with van der Waals surface area (Å²) in [5, 5.41) is 10.4. The molecule has 1 aliphatic carbocycles. The van der Waals surface area contributed by atoms with Crippen molar-refractivity contribution < 1.29 is 5.11 Å². The van der Waals surface area contributed by atoms with Crippen molar-refractivity contribution in [2.45, 2.75) is 51.0 Å². The number of unbranched alkanes of at least 4 members (excludes halogenated alkanes) is 1. The zero-order valence-electron chi connectivity index (χ0n) is 11.5. The third-order valence-electron chi connectivity index (χ3n) is 4.22. The first-order valence-electron chi connectivity index (χ1n) is 7.01. The van der Waals surface area contributed by atoms with Gasteiger partial charge < -0.3 is 5.11 Å². The molecule has 1 aromatic carbocycles. The lowest BCUT2D eigenvalue weighted by molar-refractivity contribution is -0.0802. The molecule has 98 valence electrons. The largest absolute Gasteiger partial charge is 0.390 e. The number of benzene rings is 1. The molecule has 1 aromatic rings. The highest BCUT2D eigenvalue weighted by atomic mass is 16.3. The number of rotatable bonds is 5. The summed E-state index contributed by atoms with van der Waals surface area (Å²) in [5.41, 5.74) is 2.00. The third kappa shape index (κ3) is 2.51. The molecule has 1 aliphatic rings. The first-order valence-corrected chi connectivity index (χ1v) is 7.01. The first kappa shape index (κ1) is 13.4. The van der Waals surface area contributed by atoms with Crippen molar-refractivity contribution in [2.24, 2.45) is 5.92 Å². The van der Waals surface area contributed by atoms with E-state index in [0.29, 0.717) is 5.92 Å². The summed E-state index contributed by atoms with van der Waals surface area (Å²) in [5.74, 6) is 0.678. The first-order chi connectivity index (χ1) is 8.56. The molecule has 0 amide bonds. The third-order valence-corrected chi connectivity index (χ3v) is 4.22. The summed E-state index contributed by atoms with van der Waals surface area (Å²) >= 11 is 0. The summed E-state index contributed by atoms with van der Waals surface area (Å²) < 4.78 is 0. The van der Waals surface area contributed by atoms with Crippen molar-refractivity contribution in [1.29, 1.82) is 0 Å². The lowest BCUT2D eigenvalue weighted by atomic mass is 9.57. The Morgan fingerprint density at radius 1 is 1.39 bits per heavy atom. The van der Waals surface area contributed by atoms with E-state index in [1.807, 2.05) is 13.0 Å². The quantitative estimate of drug-likeness (QED) is 0.766. The Morgan fingerprint density at radius 3 is 2.61 bits per heavy atom. The van der Waals surface area contributed by atoms with Crippen molar-refractivity contribution in [3.63, 3.8) is 0 Å². The van der Waals surface area contributed by atoms with E-state index in [-0.39, 0.29) is 5.92 Å². The fraction of sp³-hybridized carbons (Fsp3) is 0.529. The SMILES string of the molecule is C=C(CCCC)C1C(c2ccccc2)CC1(C)O. The van der Waals surface area contributed by atoms with Gasteiger partial charge in [-0.15, -0.1) is 0 Å². The molecule has 1 heteroatoms. The molecule has 1 N–H and O–H groups in total. The van der Waals surface area contributed by atoms with Crippen LogP contribution in [0.15, 0.2) is 42.5 Å². The molecule has 1 saturated carbocycles. The van der Waals surface area contributed by atoms with Crippen LogP contribution >= 0.6 is 0 Å². The van der Waals surface area contributed by atoms with Gasteiger partial charge in [0.25, 0.3) is 0 Å². The van der Waals surface area contributed by atoms with E-state index in [4.69, 9.17) is 0 Å². The molecule has 2 rings (SSSR count). The second-order valence-electron chi connectivity index (χ2n) is 5.82. The highest BCUT2D eigenvalue weighted by molar-refractivity contribution is 5.31. The molecule has 3 unspecified atom stereocenters. The fourth-order valence-electron chi connectivity index (χ4n) is 3.26. The minimum absolute atomic E-state index is 0.228. The summed E-state index contributed by atoms with van der Waals surface area (Å²) in [6.45, 7) is 8.37. The lowest BCUT2D eigenvalue weighted by Crippen LogP contribution is -2.51. The van der Waals surface area contributed by atoms with E-state index in [1.54, 1.807) is 0 Å². The van der Waals surface area contributed by atoms with Gasteiger partial charge in [-0.05, 0) is 37.7 Å². The second-order valence-corrected chi connectivity index (χ2v) is 5.82. The average Bonchev–Trinajstić information content (AvgIpc) is 2.35. The Hall–Kier alpha value is -1.08. The summed E-state index contributed by atoms with van der Waals surface area (Å²) in [6.07, 6.45) is 4.25. The molecule has 0 radical (unpaired) electrons. The molecule has 0 saturated heterocycles. The van der Waals surface area contributed by atoms with Crippen LogP contribution in [0.1, 0.15) is 51.0 Å². The molecule has 1 fully saturated rings. The van der Waals surface area contributed by atoms with Crippen molar-refractivity contribution >= 4 is 0 Å². The Balaban J connectivity index is 2.12. The Morgan fingerprint density at radius 2 is 2.06 bits per heavy atom. The second kappa shape index (κ2) is 5.27. The van der Waals surface area contributed by atoms with Crippen LogP contribution in [0.3, 0.4) is 0 Å². The van der Waals surface area contributed by atoms with E-state index >= 15 is 0 Å². The minimum atomic E-state index is -0.564. The number of hydrogen-bond acceptors (Lipinski definition) is 1. The van der Waals surface area contributed by atoms with Gasteiger partial charge in [-0.1, -0.05) is 55.8 Å². The van der Waals surface area contributed by atoms with Crippen LogP contribution in [-0.2, 0) is 0 Å². The molecule has 0 aliphatic heterocycles. The Bertz CT molecular complexity index is 405. The van der Waals surface area contributed by atoms with Crippen molar-refractivity contribution in [2.75, 3.05) is 0 Å². The van der Waals surface area contributed by atoms with Gasteiger partial charge in [0.1, 0.15) is 0 Å². The fourth-order valence-corrected chi connectivity index (χ4v) is 3.26. The van der Waals surface area contributed by atoms with Crippen LogP contribution in [0.2, 0.25) is 0 Å². The molecule has 0 heterocycles. The topological polar surface area (TPSA) is 20.2 Å².